The second kappa shape index (κ2) is 16.9. The van der Waals surface area contributed by atoms with E-state index in [1.165, 1.54) is 25.7 Å². The number of hydrogen-bond donors (Lipinski definition) is 3. The van der Waals surface area contributed by atoms with Gasteiger partial charge in [0.05, 0.1) is 6.42 Å². The number of rotatable bonds is 12. The number of nitrogens with one attached hydrogen (secondary N) is 3. The number of ether oxygens (including phenoxy) is 1. The standard InChI is InChI=1S/C31H49N3O5/c1-6-8-9-10-11-13-16-22(4)26-20-27(35)33-25(19-24-17-14-12-15-18-24)30(37)32-23(5)29(36)34-28(21(3)7-2)31(38)39-26/h12,14-15,17-18,21-23,25-26,28H,6-11,13,16,19-20H2,1-5H3,(H,32,37)(H,33,35)(H,34,36)/t21-,22-,23-,25-,26-,28+/m0/s1. The Bertz CT molecular complexity index is 922. The summed E-state index contributed by atoms with van der Waals surface area (Å²) in [6.07, 6.45) is 7.94. The second-order valence-electron chi connectivity index (χ2n) is 11.1. The van der Waals surface area contributed by atoms with Gasteiger partial charge in [-0.05, 0) is 30.7 Å². The minimum absolute atomic E-state index is 0.0436. The van der Waals surface area contributed by atoms with E-state index in [1.807, 2.05) is 51.1 Å². The highest BCUT2D eigenvalue weighted by atomic mass is 16.5. The molecule has 8 nitrogen and oxygen atoms in total. The van der Waals surface area contributed by atoms with Crippen molar-refractivity contribution in [2.24, 2.45) is 11.8 Å². The van der Waals surface area contributed by atoms with E-state index in [2.05, 4.69) is 22.9 Å². The van der Waals surface area contributed by atoms with Crippen molar-refractivity contribution < 1.29 is 23.9 Å². The van der Waals surface area contributed by atoms with Gasteiger partial charge in [-0.1, -0.05) is 103 Å². The molecule has 39 heavy (non-hydrogen) atoms. The maximum atomic E-state index is 13.4. The van der Waals surface area contributed by atoms with Crippen molar-refractivity contribution in [1.29, 1.82) is 0 Å². The maximum absolute atomic E-state index is 13.4. The molecule has 1 aromatic rings. The van der Waals surface area contributed by atoms with Crippen LogP contribution >= 0.6 is 0 Å². The molecule has 0 spiro atoms. The van der Waals surface area contributed by atoms with E-state index in [1.54, 1.807) is 6.92 Å². The SMILES string of the molecule is CCCCCCCC[C@H](C)[C@@H]1CC(=O)N[C@@H](Cc2ccccc2)C(=O)N[C@@H](C)C(=O)N[C@H]([C@@H](C)CC)C(=O)O1. The lowest BCUT2D eigenvalue weighted by Crippen LogP contribution is -2.55. The van der Waals surface area contributed by atoms with Crippen LogP contribution in [0.1, 0.15) is 98.0 Å². The molecule has 0 aromatic heterocycles. The van der Waals surface area contributed by atoms with Gasteiger partial charge in [-0.15, -0.1) is 0 Å². The summed E-state index contributed by atoms with van der Waals surface area (Å²) in [4.78, 5) is 52.8. The van der Waals surface area contributed by atoms with Gasteiger partial charge >= 0.3 is 5.97 Å². The Kier molecular flexibility index (Phi) is 14.0. The zero-order valence-corrected chi connectivity index (χ0v) is 24.5. The third kappa shape index (κ3) is 11.0. The van der Waals surface area contributed by atoms with Gasteiger partial charge in [-0.3, -0.25) is 14.4 Å². The Labute approximate surface area is 234 Å². The molecule has 218 valence electrons. The van der Waals surface area contributed by atoms with Crippen molar-refractivity contribution in [3.63, 3.8) is 0 Å². The largest absolute Gasteiger partial charge is 0.460 e. The van der Waals surface area contributed by atoms with Gasteiger partial charge in [0.1, 0.15) is 24.2 Å². The summed E-state index contributed by atoms with van der Waals surface area (Å²) >= 11 is 0. The van der Waals surface area contributed by atoms with Crippen LogP contribution in [0, 0.1) is 11.8 Å². The molecule has 1 fully saturated rings. The molecule has 1 aliphatic heterocycles. The first-order valence-corrected chi connectivity index (χ1v) is 14.8. The molecule has 3 amide bonds. The molecule has 1 aliphatic rings. The van der Waals surface area contributed by atoms with Crippen LogP contribution in [-0.2, 0) is 30.3 Å². The van der Waals surface area contributed by atoms with E-state index < -0.39 is 42.0 Å². The Morgan fingerprint density at radius 2 is 1.51 bits per heavy atom. The number of cyclic esters (lactones) is 1. The van der Waals surface area contributed by atoms with E-state index in [9.17, 15) is 19.2 Å². The highest BCUT2D eigenvalue weighted by Gasteiger charge is 2.35. The van der Waals surface area contributed by atoms with Crippen LogP contribution in [0.5, 0.6) is 0 Å². The van der Waals surface area contributed by atoms with E-state index in [0.29, 0.717) is 6.42 Å². The number of hydrogen-bond acceptors (Lipinski definition) is 5. The minimum Gasteiger partial charge on any atom is -0.460 e. The van der Waals surface area contributed by atoms with E-state index in [-0.39, 0.29) is 30.6 Å². The van der Waals surface area contributed by atoms with Crippen molar-refractivity contribution in [2.75, 3.05) is 0 Å². The summed E-state index contributed by atoms with van der Waals surface area (Å²) in [7, 11) is 0. The lowest BCUT2D eigenvalue weighted by molar-refractivity contribution is -0.158. The van der Waals surface area contributed by atoms with Crippen LogP contribution < -0.4 is 16.0 Å². The molecule has 0 saturated carbocycles. The molecule has 0 aliphatic carbocycles. The first-order chi connectivity index (χ1) is 18.7. The lowest BCUT2D eigenvalue weighted by atomic mass is 9.93. The predicted molar refractivity (Wildman–Crippen MR) is 153 cm³/mol. The second-order valence-corrected chi connectivity index (χ2v) is 11.1. The summed E-state index contributed by atoms with van der Waals surface area (Å²) in [5, 5.41) is 8.37. The number of esters is 1. The molecular formula is C31H49N3O5. The van der Waals surface area contributed by atoms with E-state index >= 15 is 0 Å². The van der Waals surface area contributed by atoms with Crippen molar-refractivity contribution in [3.8, 4) is 0 Å². The summed E-state index contributed by atoms with van der Waals surface area (Å²) in [6.45, 7) is 9.58. The number of unbranched alkanes of at least 4 members (excludes halogenated alkanes) is 5. The molecule has 3 N–H and O–H groups in total. The predicted octanol–water partition coefficient (Wildman–Crippen LogP) is 4.45. The van der Waals surface area contributed by atoms with Gasteiger partial charge in [-0.25, -0.2) is 4.79 Å². The molecule has 0 radical (unpaired) electrons. The number of carbonyl (C=O) groups excluding carboxylic acids is 4. The zero-order valence-electron chi connectivity index (χ0n) is 24.5. The number of carbonyl (C=O) groups is 4. The van der Waals surface area contributed by atoms with Gasteiger partial charge in [0.15, 0.2) is 0 Å². The highest BCUT2D eigenvalue weighted by molar-refractivity contribution is 5.94. The van der Waals surface area contributed by atoms with E-state index in [4.69, 9.17) is 4.74 Å². The summed E-state index contributed by atoms with van der Waals surface area (Å²) in [5.41, 5.74) is 0.885. The molecule has 0 unspecified atom stereocenters. The monoisotopic (exact) mass is 543 g/mol. The average Bonchev–Trinajstić information content (AvgIpc) is 2.92. The average molecular weight is 544 g/mol. The molecule has 1 saturated heterocycles. The molecule has 6 atom stereocenters. The van der Waals surface area contributed by atoms with Gasteiger partial charge < -0.3 is 20.7 Å². The summed E-state index contributed by atoms with van der Waals surface area (Å²) in [5.74, 6) is -2.04. The van der Waals surface area contributed by atoms with Gasteiger partial charge in [0.25, 0.3) is 0 Å². The Morgan fingerprint density at radius 1 is 0.846 bits per heavy atom. The first kappa shape index (κ1) is 32.3. The molecule has 1 heterocycles. The molecular weight excluding hydrogens is 494 g/mol. The van der Waals surface area contributed by atoms with Crippen LogP contribution in [0.15, 0.2) is 30.3 Å². The highest BCUT2D eigenvalue weighted by Crippen LogP contribution is 2.22. The van der Waals surface area contributed by atoms with Crippen molar-refractivity contribution in [2.45, 2.75) is 123 Å². The topological polar surface area (TPSA) is 114 Å². The fourth-order valence-corrected chi connectivity index (χ4v) is 4.84. The van der Waals surface area contributed by atoms with Crippen molar-refractivity contribution >= 4 is 23.7 Å². The number of amides is 3. The van der Waals surface area contributed by atoms with Crippen molar-refractivity contribution in [3.05, 3.63) is 35.9 Å². The smallest absolute Gasteiger partial charge is 0.329 e. The lowest BCUT2D eigenvalue weighted by Gasteiger charge is -2.29. The fourth-order valence-electron chi connectivity index (χ4n) is 4.84. The third-order valence-corrected chi connectivity index (χ3v) is 7.75. The first-order valence-electron chi connectivity index (χ1n) is 14.8. The molecule has 8 heteroatoms. The zero-order chi connectivity index (χ0) is 28.8. The molecule has 0 bridgehead atoms. The van der Waals surface area contributed by atoms with Gasteiger partial charge in [0.2, 0.25) is 17.7 Å². The van der Waals surface area contributed by atoms with Crippen LogP contribution in [0.25, 0.3) is 0 Å². The Balaban J connectivity index is 2.27. The van der Waals surface area contributed by atoms with Crippen LogP contribution in [-0.4, -0.2) is 47.9 Å². The fraction of sp³-hybridized carbons (Fsp3) is 0.677. The third-order valence-electron chi connectivity index (χ3n) is 7.75. The summed E-state index contributed by atoms with van der Waals surface area (Å²) < 4.78 is 5.97. The van der Waals surface area contributed by atoms with Crippen LogP contribution in [0.4, 0.5) is 0 Å². The van der Waals surface area contributed by atoms with Crippen molar-refractivity contribution in [1.82, 2.24) is 16.0 Å². The Hall–Kier alpha value is -2.90. The van der Waals surface area contributed by atoms with Crippen LogP contribution in [0.2, 0.25) is 0 Å². The quantitative estimate of drug-likeness (QED) is 0.266. The van der Waals surface area contributed by atoms with E-state index in [0.717, 1.165) is 24.8 Å². The van der Waals surface area contributed by atoms with Gasteiger partial charge in [-0.2, -0.15) is 0 Å². The normalized spacial score (nSPS) is 24.6. The number of benzene rings is 1. The van der Waals surface area contributed by atoms with Gasteiger partial charge in [0, 0.05) is 6.42 Å². The maximum Gasteiger partial charge on any atom is 0.329 e. The summed E-state index contributed by atoms with van der Waals surface area (Å²) in [6, 6.07) is 6.78. The minimum atomic E-state index is -0.893. The molecule has 2 rings (SSSR count). The van der Waals surface area contributed by atoms with Crippen LogP contribution in [0.3, 0.4) is 0 Å². The molecule has 1 aromatic carbocycles. The Morgan fingerprint density at radius 3 is 2.18 bits per heavy atom.